The summed E-state index contributed by atoms with van der Waals surface area (Å²) in [7, 11) is -8.31. The monoisotopic (exact) mass is 768 g/mol. The number of nitrogens with one attached hydrogen (secondary N) is 2. The summed E-state index contributed by atoms with van der Waals surface area (Å²) in [6.07, 6.45) is 31.6. The molecule has 0 bridgehead atoms. The summed E-state index contributed by atoms with van der Waals surface area (Å²) < 4.78 is 62.5. The summed E-state index contributed by atoms with van der Waals surface area (Å²) in [5, 5.41) is 25.1. The fraction of sp³-hybridized carbons (Fsp3) is 1.00. The molecule has 0 aliphatic carbocycles. The van der Waals surface area contributed by atoms with Crippen molar-refractivity contribution in [3.8, 4) is 0 Å². The molecule has 0 saturated heterocycles. The minimum absolute atomic E-state index is 0. The van der Waals surface area contributed by atoms with Gasteiger partial charge in [0.25, 0.3) is 0 Å². The molecule has 0 aromatic rings. The second-order valence-electron chi connectivity index (χ2n) is 13.6. The predicted octanol–water partition coefficient (Wildman–Crippen LogP) is 6.77. The molecule has 0 spiro atoms. The number of aliphatic hydroxyl groups excluding tert-OH is 2. The molecule has 0 aromatic heterocycles. The molecule has 0 radical (unpaired) electrons. The van der Waals surface area contributed by atoms with E-state index in [2.05, 4.69) is 24.5 Å². The van der Waals surface area contributed by atoms with Crippen LogP contribution in [0.3, 0.4) is 0 Å². The van der Waals surface area contributed by atoms with Crippen molar-refractivity contribution in [3.05, 3.63) is 0 Å². The number of hydrogen-bond donors (Lipinski definition) is 4. The van der Waals surface area contributed by atoms with Gasteiger partial charge in [0.1, 0.15) is 0 Å². The summed E-state index contributed by atoms with van der Waals surface area (Å²) in [6, 6.07) is 0. The van der Waals surface area contributed by atoms with Crippen LogP contribution in [0.2, 0.25) is 0 Å². The van der Waals surface area contributed by atoms with E-state index in [9.17, 15) is 36.2 Å². The molecule has 4 N–H and O–H groups in total. The van der Waals surface area contributed by atoms with E-state index in [0.29, 0.717) is 13.1 Å². The molecule has 13 heteroatoms. The molecule has 0 amide bonds. The van der Waals surface area contributed by atoms with Crippen LogP contribution in [0.25, 0.3) is 0 Å². The Balaban J connectivity index is -0.000000846. The van der Waals surface area contributed by atoms with Gasteiger partial charge < -0.3 is 30.0 Å². The van der Waals surface area contributed by atoms with Gasteiger partial charge in [-0.3, -0.25) is 0 Å². The number of hydrogen-bond acceptors (Lipinski definition) is 10. The fourth-order valence-corrected chi connectivity index (χ4v) is 6.37. The molecule has 0 rings (SSSR count). The molecule has 2 unspecified atom stereocenters. The van der Waals surface area contributed by atoms with Crippen molar-refractivity contribution in [2.24, 2.45) is 0 Å². The third-order valence-corrected chi connectivity index (χ3v) is 10.0. The molecule has 0 fully saturated rings. The maximum atomic E-state index is 10.4. The van der Waals surface area contributed by atoms with Crippen LogP contribution in [0.1, 0.15) is 181 Å². The van der Waals surface area contributed by atoms with Gasteiger partial charge in [-0.25, -0.2) is 16.8 Å². The summed E-state index contributed by atoms with van der Waals surface area (Å²) in [6.45, 7) is 5.43. The molecular formula is C36H76CaN2O8S2. The molecule has 10 nitrogen and oxygen atoms in total. The Morgan fingerprint density at radius 3 is 0.898 bits per heavy atom. The van der Waals surface area contributed by atoms with E-state index in [0.717, 1.165) is 38.5 Å². The van der Waals surface area contributed by atoms with Gasteiger partial charge in [-0.2, -0.15) is 0 Å². The van der Waals surface area contributed by atoms with E-state index in [1.165, 1.54) is 128 Å². The summed E-state index contributed by atoms with van der Waals surface area (Å²) in [5.74, 6) is -0.837. The van der Waals surface area contributed by atoms with Gasteiger partial charge in [-0.1, -0.05) is 168 Å². The Morgan fingerprint density at radius 2 is 0.673 bits per heavy atom. The van der Waals surface area contributed by atoms with Crippen molar-refractivity contribution < 1.29 is 36.2 Å². The van der Waals surface area contributed by atoms with Gasteiger partial charge in [0.2, 0.25) is 0 Å². The Hall–Kier alpha value is 0.920. The minimum atomic E-state index is -4.16. The maximum Gasteiger partial charge on any atom is 2.00 e. The molecule has 0 aliphatic heterocycles. The second kappa shape index (κ2) is 40.1. The minimum Gasteiger partial charge on any atom is -0.748 e. The van der Waals surface area contributed by atoms with E-state index in [1.54, 1.807) is 0 Å². The standard InChI is InChI=1S/2C18H39NO4S.Ca/c2*1-2-3-4-5-6-7-8-9-10-11-12-13-14-18(20)17-19-15-16-24(21,22)23;/h2*18-20H,2-17H2,1H3,(H,21,22,23);/q;;+2/p-2. The van der Waals surface area contributed by atoms with Crippen molar-refractivity contribution in [1.82, 2.24) is 10.6 Å². The van der Waals surface area contributed by atoms with Gasteiger partial charge in [0, 0.05) is 26.2 Å². The van der Waals surface area contributed by atoms with Crippen molar-refractivity contribution in [2.45, 2.75) is 193 Å². The molecule has 2 atom stereocenters. The van der Waals surface area contributed by atoms with E-state index in [-0.39, 0.29) is 50.8 Å². The third kappa shape index (κ3) is 53.4. The molecular weight excluding hydrogens is 693 g/mol. The average Bonchev–Trinajstić information content (AvgIpc) is 3.02. The molecule has 0 saturated carbocycles. The Bertz CT molecular complexity index is 797. The molecule has 0 aliphatic rings. The fourth-order valence-electron chi connectivity index (χ4n) is 5.58. The Labute approximate surface area is 333 Å². The van der Waals surface area contributed by atoms with Crippen LogP contribution in [0.15, 0.2) is 0 Å². The SMILES string of the molecule is CCCCCCCCCCCCCCC(O)CNCCS(=O)(=O)[O-].CCCCCCCCCCCCCCC(O)CNCCS(=O)(=O)[O-].[Ca+2]. The Morgan fingerprint density at radius 1 is 0.449 bits per heavy atom. The van der Waals surface area contributed by atoms with Crippen LogP contribution in [-0.2, 0) is 20.2 Å². The molecule has 0 heterocycles. The van der Waals surface area contributed by atoms with Crippen molar-refractivity contribution in [1.29, 1.82) is 0 Å². The smallest absolute Gasteiger partial charge is 0.748 e. The van der Waals surface area contributed by atoms with Crippen LogP contribution in [0, 0.1) is 0 Å². The molecule has 49 heavy (non-hydrogen) atoms. The number of unbranched alkanes of at least 4 members (excludes halogenated alkanes) is 22. The number of rotatable bonds is 36. The maximum absolute atomic E-state index is 10.4. The first-order valence-electron chi connectivity index (χ1n) is 19.6. The van der Waals surface area contributed by atoms with Crippen molar-refractivity contribution in [3.63, 3.8) is 0 Å². The topological polar surface area (TPSA) is 179 Å². The number of aliphatic hydroxyl groups is 2. The predicted molar refractivity (Wildman–Crippen MR) is 204 cm³/mol. The zero-order valence-electron chi connectivity index (χ0n) is 31.6. The van der Waals surface area contributed by atoms with Crippen LogP contribution >= 0.6 is 0 Å². The van der Waals surface area contributed by atoms with Gasteiger partial charge in [-0.15, -0.1) is 0 Å². The summed E-state index contributed by atoms with van der Waals surface area (Å²) in [4.78, 5) is 0. The first-order valence-corrected chi connectivity index (χ1v) is 22.7. The second-order valence-corrected chi connectivity index (χ2v) is 16.6. The summed E-state index contributed by atoms with van der Waals surface area (Å²) in [5.41, 5.74) is 0. The Kier molecular flexibility index (Phi) is 44.4. The first-order chi connectivity index (χ1) is 22.9. The van der Waals surface area contributed by atoms with Crippen LogP contribution in [0.5, 0.6) is 0 Å². The summed E-state index contributed by atoms with van der Waals surface area (Å²) >= 11 is 0. The van der Waals surface area contributed by atoms with Crippen molar-refractivity contribution >= 4 is 58.0 Å². The van der Waals surface area contributed by atoms with Gasteiger partial charge in [-0.05, 0) is 12.8 Å². The first kappa shape index (κ1) is 54.3. The molecule has 292 valence electrons. The largest absolute Gasteiger partial charge is 2.00 e. The average molecular weight is 769 g/mol. The van der Waals surface area contributed by atoms with E-state index in [4.69, 9.17) is 0 Å². The third-order valence-electron chi connectivity index (χ3n) is 8.60. The van der Waals surface area contributed by atoms with Gasteiger partial charge >= 0.3 is 37.7 Å². The van der Waals surface area contributed by atoms with Crippen LogP contribution in [-0.4, -0.2) is 124 Å². The van der Waals surface area contributed by atoms with E-state index >= 15 is 0 Å². The van der Waals surface area contributed by atoms with Crippen LogP contribution in [0.4, 0.5) is 0 Å². The van der Waals surface area contributed by atoms with Gasteiger partial charge in [0.15, 0.2) is 0 Å². The quantitative estimate of drug-likeness (QED) is 0.0302. The zero-order chi connectivity index (χ0) is 36.2. The normalized spacial score (nSPS) is 13.0. The van der Waals surface area contributed by atoms with Crippen molar-refractivity contribution in [2.75, 3.05) is 37.7 Å². The molecule has 0 aromatic carbocycles. The van der Waals surface area contributed by atoms with E-state index < -0.39 is 43.9 Å². The van der Waals surface area contributed by atoms with Crippen LogP contribution < -0.4 is 10.6 Å². The van der Waals surface area contributed by atoms with E-state index in [1.807, 2.05) is 0 Å². The van der Waals surface area contributed by atoms with Gasteiger partial charge in [0.05, 0.1) is 43.9 Å². The zero-order valence-corrected chi connectivity index (χ0v) is 35.5.